The van der Waals surface area contributed by atoms with Gasteiger partial charge in [0, 0.05) is 37.2 Å². The normalized spacial score (nSPS) is 18.5. The Morgan fingerprint density at radius 2 is 2.32 bits per heavy atom. The van der Waals surface area contributed by atoms with Crippen LogP contribution in [-0.4, -0.2) is 30.6 Å². The van der Waals surface area contributed by atoms with Crippen molar-refractivity contribution >= 4 is 5.91 Å². The molecule has 1 aromatic rings. The van der Waals surface area contributed by atoms with Crippen molar-refractivity contribution < 1.29 is 9.53 Å². The standard InChI is InChI=1S/C14H20N2O3/c1-9-7-12(17)13(10(2)16-9)14(18)15-5-3-11-4-6-19-8-11/h7,11H,3-6,8H2,1-2H3,(H,15,18)(H,16,17). The lowest BCUT2D eigenvalue weighted by atomic mass is 10.1. The maximum absolute atomic E-state index is 12.0. The second-order valence-corrected chi connectivity index (χ2v) is 5.09. The molecule has 0 aliphatic carbocycles. The Kier molecular flexibility index (Phi) is 4.37. The number of aromatic nitrogens is 1. The number of carbonyl (C=O) groups is 1. The average molecular weight is 264 g/mol. The summed E-state index contributed by atoms with van der Waals surface area (Å²) in [5, 5.41) is 2.81. The van der Waals surface area contributed by atoms with Gasteiger partial charge in [0.15, 0.2) is 5.43 Å². The van der Waals surface area contributed by atoms with Crippen LogP contribution in [0.4, 0.5) is 0 Å². The molecule has 1 unspecified atom stereocenters. The summed E-state index contributed by atoms with van der Waals surface area (Å²) in [4.78, 5) is 26.8. The van der Waals surface area contributed by atoms with E-state index in [9.17, 15) is 9.59 Å². The van der Waals surface area contributed by atoms with Crippen molar-refractivity contribution in [3.8, 4) is 0 Å². The molecule has 2 heterocycles. The van der Waals surface area contributed by atoms with Crippen LogP contribution >= 0.6 is 0 Å². The minimum absolute atomic E-state index is 0.216. The molecule has 1 aliphatic heterocycles. The lowest BCUT2D eigenvalue weighted by molar-refractivity contribution is 0.0948. The molecule has 104 valence electrons. The molecule has 5 nitrogen and oxygen atoms in total. The molecule has 0 bridgehead atoms. The highest BCUT2D eigenvalue weighted by Gasteiger charge is 2.17. The fourth-order valence-corrected chi connectivity index (χ4v) is 2.42. The molecule has 0 radical (unpaired) electrons. The smallest absolute Gasteiger partial charge is 0.257 e. The monoisotopic (exact) mass is 264 g/mol. The van der Waals surface area contributed by atoms with Crippen LogP contribution in [0.3, 0.4) is 0 Å². The van der Waals surface area contributed by atoms with E-state index in [4.69, 9.17) is 4.74 Å². The molecule has 1 aliphatic rings. The van der Waals surface area contributed by atoms with Gasteiger partial charge in [-0.15, -0.1) is 0 Å². The second-order valence-electron chi connectivity index (χ2n) is 5.09. The number of carbonyl (C=O) groups excluding carboxylic acids is 1. The van der Waals surface area contributed by atoms with Crippen molar-refractivity contribution in [2.24, 2.45) is 5.92 Å². The second kappa shape index (κ2) is 6.02. The van der Waals surface area contributed by atoms with Crippen LogP contribution in [0.1, 0.15) is 34.6 Å². The van der Waals surface area contributed by atoms with E-state index >= 15 is 0 Å². The van der Waals surface area contributed by atoms with Crippen molar-refractivity contribution in [1.29, 1.82) is 0 Å². The molecular weight excluding hydrogens is 244 g/mol. The molecule has 2 rings (SSSR count). The molecule has 2 N–H and O–H groups in total. The number of H-pyrrole nitrogens is 1. The molecule has 1 aromatic heterocycles. The summed E-state index contributed by atoms with van der Waals surface area (Å²) in [6.45, 7) is 5.72. The Morgan fingerprint density at radius 3 is 2.95 bits per heavy atom. The molecule has 1 fully saturated rings. The Bertz CT molecular complexity index is 516. The summed E-state index contributed by atoms with van der Waals surface area (Å²) in [5.74, 6) is 0.232. The highest BCUT2D eigenvalue weighted by Crippen LogP contribution is 2.15. The van der Waals surface area contributed by atoms with E-state index in [1.54, 1.807) is 13.8 Å². The maximum Gasteiger partial charge on any atom is 0.257 e. The number of rotatable bonds is 4. The van der Waals surface area contributed by atoms with Gasteiger partial charge in [0.05, 0.1) is 0 Å². The molecule has 1 saturated heterocycles. The molecule has 0 spiro atoms. The van der Waals surface area contributed by atoms with Crippen LogP contribution in [-0.2, 0) is 4.74 Å². The van der Waals surface area contributed by atoms with Crippen LogP contribution < -0.4 is 10.7 Å². The molecule has 0 aromatic carbocycles. The van der Waals surface area contributed by atoms with Crippen molar-refractivity contribution in [1.82, 2.24) is 10.3 Å². The van der Waals surface area contributed by atoms with Gasteiger partial charge in [-0.05, 0) is 32.6 Å². The van der Waals surface area contributed by atoms with E-state index in [0.29, 0.717) is 18.2 Å². The quantitative estimate of drug-likeness (QED) is 0.857. The number of hydrogen-bond donors (Lipinski definition) is 2. The van der Waals surface area contributed by atoms with E-state index in [1.165, 1.54) is 6.07 Å². The third kappa shape index (κ3) is 3.44. The van der Waals surface area contributed by atoms with Gasteiger partial charge in [-0.1, -0.05) is 0 Å². The van der Waals surface area contributed by atoms with Gasteiger partial charge in [0.25, 0.3) is 5.91 Å². The van der Waals surface area contributed by atoms with Crippen molar-refractivity contribution in [3.05, 3.63) is 33.2 Å². The number of nitrogens with one attached hydrogen (secondary N) is 2. The number of amides is 1. The van der Waals surface area contributed by atoms with Gasteiger partial charge >= 0.3 is 0 Å². The summed E-state index contributed by atoms with van der Waals surface area (Å²) in [5.41, 5.74) is 1.37. The first-order valence-electron chi connectivity index (χ1n) is 6.64. The molecule has 5 heteroatoms. The van der Waals surface area contributed by atoms with Gasteiger partial charge in [-0.2, -0.15) is 0 Å². The zero-order chi connectivity index (χ0) is 13.8. The van der Waals surface area contributed by atoms with E-state index in [0.717, 1.165) is 31.7 Å². The Hall–Kier alpha value is -1.62. The first-order chi connectivity index (χ1) is 9.08. The summed E-state index contributed by atoms with van der Waals surface area (Å²) in [6.07, 6.45) is 1.95. The fraction of sp³-hybridized carbons (Fsp3) is 0.571. The predicted octanol–water partition coefficient (Wildman–Crippen LogP) is 1.15. The van der Waals surface area contributed by atoms with Crippen LogP contribution in [0, 0.1) is 19.8 Å². The highest BCUT2D eigenvalue weighted by molar-refractivity contribution is 5.95. The van der Waals surface area contributed by atoms with Gasteiger partial charge in [-0.25, -0.2) is 0 Å². The molecule has 1 amide bonds. The molecule has 1 atom stereocenters. The SMILES string of the molecule is Cc1cc(=O)c(C(=O)NCCC2CCOC2)c(C)[nH]1. The number of ether oxygens (including phenoxy) is 1. The van der Waals surface area contributed by atoms with Crippen molar-refractivity contribution in [2.75, 3.05) is 19.8 Å². The lowest BCUT2D eigenvalue weighted by Gasteiger charge is -2.10. The van der Waals surface area contributed by atoms with Crippen LogP contribution in [0.5, 0.6) is 0 Å². The zero-order valence-electron chi connectivity index (χ0n) is 11.4. The number of hydrogen-bond acceptors (Lipinski definition) is 3. The van der Waals surface area contributed by atoms with Gasteiger partial charge in [-0.3, -0.25) is 9.59 Å². The van der Waals surface area contributed by atoms with E-state index in [1.807, 2.05) is 0 Å². The number of pyridine rings is 1. The van der Waals surface area contributed by atoms with Crippen LogP contribution in [0.2, 0.25) is 0 Å². The van der Waals surface area contributed by atoms with E-state index in [2.05, 4.69) is 10.3 Å². The van der Waals surface area contributed by atoms with Crippen molar-refractivity contribution in [2.45, 2.75) is 26.7 Å². The third-order valence-electron chi connectivity index (χ3n) is 3.44. The largest absolute Gasteiger partial charge is 0.381 e. The van der Waals surface area contributed by atoms with E-state index in [-0.39, 0.29) is 16.9 Å². The summed E-state index contributed by atoms with van der Waals surface area (Å²) >= 11 is 0. The summed E-state index contributed by atoms with van der Waals surface area (Å²) < 4.78 is 5.28. The minimum Gasteiger partial charge on any atom is -0.381 e. The van der Waals surface area contributed by atoms with Crippen LogP contribution in [0.25, 0.3) is 0 Å². The fourth-order valence-electron chi connectivity index (χ4n) is 2.42. The van der Waals surface area contributed by atoms with Gasteiger partial charge in [0.1, 0.15) is 5.56 Å². The first kappa shape index (κ1) is 13.8. The Labute approximate surface area is 112 Å². The summed E-state index contributed by atoms with van der Waals surface area (Å²) in [7, 11) is 0. The third-order valence-corrected chi connectivity index (χ3v) is 3.44. The Morgan fingerprint density at radius 1 is 1.53 bits per heavy atom. The predicted molar refractivity (Wildman–Crippen MR) is 72.4 cm³/mol. The minimum atomic E-state index is -0.294. The first-order valence-corrected chi connectivity index (χ1v) is 6.64. The highest BCUT2D eigenvalue weighted by atomic mass is 16.5. The number of aryl methyl sites for hydroxylation is 2. The summed E-state index contributed by atoms with van der Waals surface area (Å²) in [6, 6.07) is 1.45. The molecule has 0 saturated carbocycles. The van der Waals surface area contributed by atoms with Crippen LogP contribution in [0.15, 0.2) is 10.9 Å². The lowest BCUT2D eigenvalue weighted by Crippen LogP contribution is -2.31. The van der Waals surface area contributed by atoms with Gasteiger partial charge < -0.3 is 15.0 Å². The van der Waals surface area contributed by atoms with Gasteiger partial charge in [0.2, 0.25) is 0 Å². The number of aromatic amines is 1. The Balaban J connectivity index is 1.94. The van der Waals surface area contributed by atoms with Crippen molar-refractivity contribution in [3.63, 3.8) is 0 Å². The maximum atomic E-state index is 12.0. The zero-order valence-corrected chi connectivity index (χ0v) is 11.4. The molecule has 19 heavy (non-hydrogen) atoms. The average Bonchev–Trinajstić information content (AvgIpc) is 2.80. The van der Waals surface area contributed by atoms with E-state index < -0.39 is 0 Å². The molecular formula is C14H20N2O3. The topological polar surface area (TPSA) is 71.2 Å².